The highest BCUT2D eigenvalue weighted by Gasteiger charge is 2.57. The average molecular weight is 737 g/mol. The fourth-order valence-electron chi connectivity index (χ4n) is 6.42. The normalized spacial score (nSPS) is 22.9. The molecule has 0 aromatic heterocycles. The molecular weight excluding hydrogens is 696 g/mol. The van der Waals surface area contributed by atoms with Gasteiger partial charge < -0.3 is 33.5 Å². The van der Waals surface area contributed by atoms with Crippen molar-refractivity contribution >= 4 is 23.4 Å². The zero-order valence-electron chi connectivity index (χ0n) is 28.5. The Morgan fingerprint density at radius 2 is 1.08 bits per heavy atom. The monoisotopic (exact) mass is 736 g/mol. The highest BCUT2D eigenvalue weighted by molar-refractivity contribution is 8.00. The van der Waals surface area contributed by atoms with Gasteiger partial charge in [-0.1, -0.05) is 139 Å². The van der Waals surface area contributed by atoms with Gasteiger partial charge in [-0.25, -0.2) is 0 Å². The van der Waals surface area contributed by atoms with Crippen molar-refractivity contribution in [3.05, 3.63) is 190 Å². The molecule has 268 valence electrons. The molecule has 1 fully saturated rings. The van der Waals surface area contributed by atoms with E-state index in [1.54, 1.807) is 6.07 Å². The van der Waals surface area contributed by atoms with Gasteiger partial charge in [0.05, 0.1) is 48.9 Å². The maximum Gasteiger partial charge on any atom is 0.267 e. The summed E-state index contributed by atoms with van der Waals surface area (Å²) in [6.07, 6.45) is 0.0417. The van der Waals surface area contributed by atoms with Crippen LogP contribution in [0.15, 0.2) is 152 Å². The van der Waals surface area contributed by atoms with Crippen LogP contribution in [0.25, 0.3) is 0 Å². The molecule has 9 heteroatoms. The van der Waals surface area contributed by atoms with Gasteiger partial charge in [0.25, 0.3) is 6.29 Å². The average Bonchev–Trinajstić information content (AvgIpc) is 3.73. The Hall–Kier alpha value is -4.12. The Morgan fingerprint density at radius 1 is 0.596 bits per heavy atom. The highest BCUT2D eigenvalue weighted by Crippen LogP contribution is 2.51. The maximum absolute atomic E-state index is 13.2. The molecule has 2 aliphatic rings. The molecule has 2 heterocycles. The third-order valence-electron chi connectivity index (χ3n) is 9.07. The van der Waals surface area contributed by atoms with Crippen LogP contribution in [0.3, 0.4) is 0 Å². The Bertz CT molecular complexity index is 1860. The lowest BCUT2D eigenvalue weighted by Gasteiger charge is -2.50. The van der Waals surface area contributed by atoms with Crippen LogP contribution in [-0.2, 0) is 59.8 Å². The van der Waals surface area contributed by atoms with Gasteiger partial charge in [0.2, 0.25) is 0 Å². The van der Waals surface area contributed by atoms with E-state index in [-0.39, 0.29) is 25.1 Å². The quantitative estimate of drug-likeness (QED) is 0.114. The van der Waals surface area contributed by atoms with Crippen molar-refractivity contribution in [2.45, 2.75) is 61.2 Å². The summed E-state index contributed by atoms with van der Waals surface area (Å²) in [5.41, 5.74) is 5.17. The van der Waals surface area contributed by atoms with Crippen LogP contribution in [0.4, 0.5) is 0 Å². The molecule has 1 N–H and O–H groups in total. The van der Waals surface area contributed by atoms with E-state index in [1.165, 1.54) is 24.3 Å². The van der Waals surface area contributed by atoms with Crippen molar-refractivity contribution < 1.29 is 33.5 Å². The van der Waals surface area contributed by atoms with Gasteiger partial charge in [-0.3, -0.25) is 0 Å². The first-order valence-corrected chi connectivity index (χ1v) is 18.6. The molecule has 7 rings (SSSR count). The Morgan fingerprint density at radius 3 is 1.62 bits per heavy atom. The molecule has 7 nitrogen and oxygen atoms in total. The molecule has 1 unspecified atom stereocenters. The van der Waals surface area contributed by atoms with E-state index in [0.29, 0.717) is 29.4 Å². The van der Waals surface area contributed by atoms with Crippen molar-refractivity contribution in [3.63, 3.8) is 0 Å². The molecule has 0 bridgehead atoms. The van der Waals surface area contributed by atoms with Gasteiger partial charge in [0.1, 0.15) is 30.8 Å². The number of benzene rings is 5. The number of hydrogen-bond acceptors (Lipinski definition) is 8. The van der Waals surface area contributed by atoms with Gasteiger partial charge >= 0.3 is 0 Å². The molecule has 0 spiro atoms. The first kappa shape index (κ1) is 36.2. The Balaban J connectivity index is 1.29. The molecule has 0 amide bonds. The van der Waals surface area contributed by atoms with E-state index in [1.807, 2.05) is 133 Å². The van der Waals surface area contributed by atoms with E-state index in [2.05, 4.69) is 0 Å². The second-order valence-corrected chi connectivity index (χ2v) is 14.6. The Labute approximate surface area is 314 Å². The van der Waals surface area contributed by atoms with E-state index < -0.39 is 29.5 Å². The Kier molecular flexibility index (Phi) is 12.3. The molecule has 2 aliphatic heterocycles. The molecule has 0 aliphatic carbocycles. The smallest absolute Gasteiger partial charge is 0.267 e. The van der Waals surface area contributed by atoms with Crippen LogP contribution < -0.4 is 0 Å². The van der Waals surface area contributed by atoms with Gasteiger partial charge in [-0.05, 0) is 39.9 Å². The second-order valence-electron chi connectivity index (χ2n) is 12.7. The molecule has 52 heavy (non-hydrogen) atoms. The molecule has 5 atom stereocenters. The van der Waals surface area contributed by atoms with Crippen LogP contribution in [0.2, 0.25) is 5.02 Å². The van der Waals surface area contributed by atoms with Crippen molar-refractivity contribution in [1.29, 1.82) is 0 Å². The lowest BCUT2D eigenvalue weighted by atomic mass is 9.92. The number of halogens is 1. The molecule has 1 saturated heterocycles. The lowest BCUT2D eigenvalue weighted by molar-refractivity contribution is -0.199. The summed E-state index contributed by atoms with van der Waals surface area (Å²) in [4.78, 5) is -1.64. The molecule has 5 aromatic rings. The molecule has 0 radical (unpaired) electrons. The van der Waals surface area contributed by atoms with E-state index in [0.717, 1.165) is 22.3 Å². The van der Waals surface area contributed by atoms with Crippen LogP contribution in [0.5, 0.6) is 0 Å². The number of thioether (sulfide) groups is 1. The molecular formula is C43H41ClO7S. The summed E-state index contributed by atoms with van der Waals surface area (Å²) in [5, 5.41) is 13.3. The number of rotatable bonds is 15. The first-order chi connectivity index (χ1) is 25.6. The summed E-state index contributed by atoms with van der Waals surface area (Å²) in [7, 11) is 0. The zero-order valence-corrected chi connectivity index (χ0v) is 30.1. The van der Waals surface area contributed by atoms with Crippen LogP contribution in [-0.4, -0.2) is 35.3 Å². The third-order valence-corrected chi connectivity index (χ3v) is 10.9. The SMILES string of the molecule is OC1(c2ccc(Cl)c(C3OC=CO3)c2)S[C@H](COCc2ccccc2)[C@@H](OCc2ccccc2)[C@H](OCc2ccccc2)[C@H]1OCc1ccccc1. The minimum Gasteiger partial charge on any atom is -0.455 e. The fourth-order valence-corrected chi connectivity index (χ4v) is 8.22. The topological polar surface area (TPSA) is 75.6 Å². The van der Waals surface area contributed by atoms with Gasteiger partial charge in [0.15, 0.2) is 4.93 Å². The standard InChI is InChI=1S/C43H41ClO7S/c44-37-22-21-35(25-36(37)42-47-23-24-48-42)43(45)41(51-29-34-19-11-4-12-20-34)40(50-28-33-17-9-3-10-18-33)39(49-27-32-15-7-2-8-16-32)38(52-43)30-46-26-31-13-5-1-6-14-31/h1-25,38-42,45H,26-30H2/t38-,39-,40+,41-,43?/m1/s1. The number of ether oxygens (including phenoxy) is 6. The second kappa shape index (κ2) is 17.6. The van der Waals surface area contributed by atoms with Gasteiger partial charge in [-0.2, -0.15) is 0 Å². The summed E-state index contributed by atoms with van der Waals surface area (Å²) < 4.78 is 38.3. The highest BCUT2D eigenvalue weighted by atomic mass is 35.5. The predicted molar refractivity (Wildman–Crippen MR) is 202 cm³/mol. The van der Waals surface area contributed by atoms with E-state index in [9.17, 15) is 5.11 Å². The third kappa shape index (κ3) is 8.90. The van der Waals surface area contributed by atoms with Crippen LogP contribution in [0, 0.1) is 0 Å². The minimum atomic E-state index is -1.64. The lowest BCUT2D eigenvalue weighted by Crippen LogP contribution is -2.61. The summed E-state index contributed by atoms with van der Waals surface area (Å²) in [5.74, 6) is 0. The van der Waals surface area contributed by atoms with Crippen molar-refractivity contribution in [3.8, 4) is 0 Å². The number of aliphatic hydroxyl groups is 1. The van der Waals surface area contributed by atoms with Crippen molar-refractivity contribution in [2.24, 2.45) is 0 Å². The zero-order chi connectivity index (χ0) is 35.6. The van der Waals surface area contributed by atoms with Crippen LogP contribution >= 0.6 is 23.4 Å². The van der Waals surface area contributed by atoms with Gasteiger partial charge in [0, 0.05) is 0 Å². The summed E-state index contributed by atoms with van der Waals surface area (Å²) in [6.45, 7) is 1.53. The predicted octanol–water partition coefficient (Wildman–Crippen LogP) is 9.09. The minimum absolute atomic E-state index is 0.235. The maximum atomic E-state index is 13.2. The van der Waals surface area contributed by atoms with Crippen molar-refractivity contribution in [2.75, 3.05) is 6.61 Å². The summed E-state index contributed by atoms with van der Waals surface area (Å²) >= 11 is 8.04. The number of hydrogen-bond donors (Lipinski definition) is 1. The fraction of sp³-hybridized carbons (Fsp3) is 0.256. The van der Waals surface area contributed by atoms with Gasteiger partial charge in [-0.15, -0.1) is 11.8 Å². The van der Waals surface area contributed by atoms with Crippen LogP contribution in [0.1, 0.15) is 39.7 Å². The largest absolute Gasteiger partial charge is 0.455 e. The molecule has 5 aromatic carbocycles. The summed E-state index contributed by atoms with van der Waals surface area (Å²) in [6, 6.07) is 45.4. The van der Waals surface area contributed by atoms with E-state index >= 15 is 0 Å². The first-order valence-electron chi connectivity index (χ1n) is 17.3. The van der Waals surface area contributed by atoms with Crippen molar-refractivity contribution in [1.82, 2.24) is 0 Å². The van der Waals surface area contributed by atoms with E-state index in [4.69, 9.17) is 40.0 Å². The molecule has 0 saturated carbocycles.